The number of amides is 3. The Morgan fingerprint density at radius 3 is 2.36 bits per heavy atom. The maximum absolute atomic E-state index is 13.8. The largest absolute Gasteiger partial charge is 0.465 e. The summed E-state index contributed by atoms with van der Waals surface area (Å²) in [5.74, 6) is 0.0892. The molecule has 2 aliphatic carbocycles. The fourth-order valence-corrected chi connectivity index (χ4v) is 6.57. The Morgan fingerprint density at radius 1 is 1.08 bits per heavy atom. The molecular weight excluding hydrogens is 494 g/mol. The van der Waals surface area contributed by atoms with Gasteiger partial charge >= 0.3 is 12.0 Å². The van der Waals surface area contributed by atoms with Gasteiger partial charge in [-0.2, -0.15) is 0 Å². The van der Waals surface area contributed by atoms with Crippen LogP contribution in [-0.2, 0) is 15.1 Å². The van der Waals surface area contributed by atoms with E-state index in [0.29, 0.717) is 23.8 Å². The molecule has 2 heterocycles. The molecule has 3 amide bonds. The minimum Gasteiger partial charge on any atom is -0.465 e. The molecule has 5 rings (SSSR count). The first-order chi connectivity index (χ1) is 18.8. The molecule has 0 radical (unpaired) electrons. The van der Waals surface area contributed by atoms with Crippen molar-refractivity contribution in [1.29, 1.82) is 0 Å². The Morgan fingerprint density at radius 2 is 1.79 bits per heavy atom. The van der Waals surface area contributed by atoms with Gasteiger partial charge in [-0.05, 0) is 76.2 Å². The first kappa shape index (κ1) is 27.1. The molecule has 0 atom stereocenters. The third-order valence-electron chi connectivity index (χ3n) is 9.19. The summed E-state index contributed by atoms with van der Waals surface area (Å²) in [5.41, 5.74) is 1.30. The second-order valence-electron chi connectivity index (χ2n) is 11.5. The monoisotopic (exact) mass is 533 g/mol. The molecular formula is C30H39N5O4. The third kappa shape index (κ3) is 5.24. The van der Waals surface area contributed by atoms with Crippen LogP contribution in [0.15, 0.2) is 48.7 Å². The molecule has 0 unspecified atom stereocenters. The minimum absolute atomic E-state index is 0.0281. The number of aromatic nitrogens is 1. The topological polar surface area (TPSA) is 95.1 Å². The second kappa shape index (κ2) is 11.0. The number of esters is 1. The van der Waals surface area contributed by atoms with Crippen molar-refractivity contribution < 1.29 is 19.1 Å². The summed E-state index contributed by atoms with van der Waals surface area (Å²) < 4.78 is 4.70. The minimum atomic E-state index is -0.488. The van der Waals surface area contributed by atoms with Crippen molar-refractivity contribution in [2.45, 2.75) is 56.0 Å². The van der Waals surface area contributed by atoms with Gasteiger partial charge in [0.15, 0.2) is 0 Å². The SMILES string of the molecule is COC(=O)c1ccc(NC(=O)CN2CC3(CCC(c4ccccc4)(N(C)C)CC3)N(CC3CCC3)C2=O)nc1. The highest BCUT2D eigenvalue weighted by molar-refractivity contribution is 5.95. The normalized spacial score (nSPS) is 25.2. The van der Waals surface area contributed by atoms with Gasteiger partial charge in [0, 0.05) is 24.8 Å². The van der Waals surface area contributed by atoms with E-state index in [4.69, 9.17) is 4.74 Å². The fourth-order valence-electron chi connectivity index (χ4n) is 6.57. The average Bonchev–Trinajstić information content (AvgIpc) is 3.16. The van der Waals surface area contributed by atoms with E-state index in [1.54, 1.807) is 17.0 Å². The molecule has 39 heavy (non-hydrogen) atoms. The standard InChI is InChI=1S/C30H39N5O4/c1-33(2)30(24-10-5-4-6-11-24)16-14-29(15-17-30)21-34(28(38)35(29)19-22-8-7-9-22)20-26(36)32-25-13-12-23(18-31-25)27(37)39-3/h4-6,10-13,18,22H,7-9,14-17,19-21H2,1-3H3,(H,31,32,36). The van der Waals surface area contributed by atoms with Crippen LogP contribution in [0.5, 0.6) is 0 Å². The lowest BCUT2D eigenvalue weighted by molar-refractivity contribution is -0.116. The number of hydrogen-bond donors (Lipinski definition) is 1. The zero-order valence-electron chi connectivity index (χ0n) is 23.2. The summed E-state index contributed by atoms with van der Waals surface area (Å²) in [7, 11) is 5.61. The predicted molar refractivity (Wildman–Crippen MR) is 148 cm³/mol. The number of nitrogens with zero attached hydrogens (tertiary/aromatic N) is 4. The number of benzene rings is 1. The van der Waals surface area contributed by atoms with Crippen LogP contribution >= 0.6 is 0 Å². The van der Waals surface area contributed by atoms with Crippen LogP contribution in [0.1, 0.15) is 60.9 Å². The first-order valence-electron chi connectivity index (χ1n) is 13.9. The number of methoxy groups -OCH3 is 1. The Balaban J connectivity index is 1.30. The fraction of sp³-hybridized carbons (Fsp3) is 0.533. The van der Waals surface area contributed by atoms with Gasteiger partial charge in [0.05, 0.1) is 18.2 Å². The second-order valence-corrected chi connectivity index (χ2v) is 11.5. The van der Waals surface area contributed by atoms with E-state index in [1.165, 1.54) is 38.1 Å². The maximum atomic E-state index is 13.8. The molecule has 1 N–H and O–H groups in total. The lowest BCUT2D eigenvalue weighted by atomic mass is 9.68. The first-order valence-corrected chi connectivity index (χ1v) is 13.9. The highest BCUT2D eigenvalue weighted by Gasteiger charge is 2.55. The summed E-state index contributed by atoms with van der Waals surface area (Å²) in [6, 6.07) is 13.8. The number of pyridine rings is 1. The van der Waals surface area contributed by atoms with Gasteiger partial charge in [-0.3, -0.25) is 9.69 Å². The lowest BCUT2D eigenvalue weighted by Crippen LogP contribution is -2.56. The molecule has 2 saturated carbocycles. The van der Waals surface area contributed by atoms with E-state index in [9.17, 15) is 14.4 Å². The van der Waals surface area contributed by atoms with Crippen LogP contribution in [0.3, 0.4) is 0 Å². The van der Waals surface area contributed by atoms with Gasteiger partial charge in [0.1, 0.15) is 12.4 Å². The smallest absolute Gasteiger partial charge is 0.339 e. The Hall–Kier alpha value is -3.46. The molecule has 208 valence electrons. The van der Waals surface area contributed by atoms with E-state index in [2.05, 4.69) is 64.5 Å². The zero-order valence-corrected chi connectivity index (χ0v) is 23.2. The van der Waals surface area contributed by atoms with E-state index < -0.39 is 5.97 Å². The molecule has 3 fully saturated rings. The van der Waals surface area contributed by atoms with E-state index in [-0.39, 0.29) is 29.6 Å². The van der Waals surface area contributed by atoms with E-state index >= 15 is 0 Å². The van der Waals surface area contributed by atoms with Crippen LogP contribution in [0.4, 0.5) is 10.6 Å². The van der Waals surface area contributed by atoms with Crippen LogP contribution < -0.4 is 5.32 Å². The molecule has 0 bridgehead atoms. The van der Waals surface area contributed by atoms with Crippen molar-refractivity contribution in [1.82, 2.24) is 19.7 Å². The summed E-state index contributed by atoms with van der Waals surface area (Å²) in [6.45, 7) is 1.30. The molecule has 3 aliphatic rings. The van der Waals surface area contributed by atoms with Crippen LogP contribution in [0, 0.1) is 5.92 Å². The highest BCUT2D eigenvalue weighted by atomic mass is 16.5. The number of urea groups is 1. The summed E-state index contributed by atoms with van der Waals surface area (Å²) >= 11 is 0. The van der Waals surface area contributed by atoms with Gasteiger partial charge in [-0.15, -0.1) is 0 Å². The Bertz CT molecular complexity index is 1190. The number of carbonyl (C=O) groups excluding carboxylic acids is 3. The molecule has 1 aromatic heterocycles. The van der Waals surface area contributed by atoms with Crippen molar-refractivity contribution in [3.8, 4) is 0 Å². The van der Waals surface area contributed by atoms with Gasteiger partial charge < -0.3 is 19.9 Å². The highest BCUT2D eigenvalue weighted by Crippen LogP contribution is 2.49. The molecule has 1 aliphatic heterocycles. The molecule has 1 aromatic carbocycles. The number of ether oxygens (including phenoxy) is 1. The molecule has 2 aromatic rings. The van der Waals surface area contributed by atoms with Crippen molar-refractivity contribution >= 4 is 23.7 Å². The number of anilines is 1. The lowest BCUT2D eigenvalue weighted by Gasteiger charge is -2.51. The van der Waals surface area contributed by atoms with Crippen LogP contribution in [0.25, 0.3) is 0 Å². The van der Waals surface area contributed by atoms with Crippen molar-refractivity contribution in [2.24, 2.45) is 5.92 Å². The van der Waals surface area contributed by atoms with Crippen LogP contribution in [0.2, 0.25) is 0 Å². The van der Waals surface area contributed by atoms with Crippen LogP contribution in [-0.4, -0.2) is 84.0 Å². The number of rotatable bonds is 8. The van der Waals surface area contributed by atoms with Crippen molar-refractivity contribution in [3.63, 3.8) is 0 Å². The number of hydrogen-bond acceptors (Lipinski definition) is 6. The van der Waals surface area contributed by atoms with Gasteiger partial charge in [-0.1, -0.05) is 36.8 Å². The third-order valence-corrected chi connectivity index (χ3v) is 9.19. The van der Waals surface area contributed by atoms with Gasteiger partial charge in [0.25, 0.3) is 0 Å². The van der Waals surface area contributed by atoms with Gasteiger partial charge in [0.2, 0.25) is 5.91 Å². The van der Waals surface area contributed by atoms with Crippen molar-refractivity contribution in [2.75, 3.05) is 46.2 Å². The predicted octanol–water partition coefficient (Wildman–Crippen LogP) is 4.11. The zero-order chi connectivity index (χ0) is 27.6. The summed E-state index contributed by atoms with van der Waals surface area (Å²) in [4.78, 5) is 48.7. The quantitative estimate of drug-likeness (QED) is 0.513. The van der Waals surface area contributed by atoms with Crippen molar-refractivity contribution in [3.05, 3.63) is 59.8 Å². The number of nitrogens with one attached hydrogen (secondary N) is 1. The summed E-state index contributed by atoms with van der Waals surface area (Å²) in [6.07, 6.45) is 8.62. The summed E-state index contributed by atoms with van der Waals surface area (Å²) in [5, 5.41) is 2.77. The molecule has 9 heteroatoms. The van der Waals surface area contributed by atoms with E-state index in [0.717, 1.165) is 32.2 Å². The van der Waals surface area contributed by atoms with E-state index in [1.807, 2.05) is 0 Å². The molecule has 9 nitrogen and oxygen atoms in total. The number of carbonyl (C=O) groups is 3. The van der Waals surface area contributed by atoms with Gasteiger partial charge in [-0.25, -0.2) is 14.6 Å². The average molecular weight is 534 g/mol. The Labute approximate surface area is 230 Å². The Kier molecular flexibility index (Phi) is 7.62. The molecule has 1 saturated heterocycles. The maximum Gasteiger partial charge on any atom is 0.339 e. The molecule has 1 spiro atoms.